The maximum atomic E-state index is 12.4. The summed E-state index contributed by atoms with van der Waals surface area (Å²) in [6.07, 6.45) is 7.13. The third-order valence-corrected chi connectivity index (χ3v) is 3.06. The summed E-state index contributed by atoms with van der Waals surface area (Å²) in [5.41, 5.74) is 1.31. The zero-order valence-corrected chi connectivity index (χ0v) is 11.6. The Morgan fingerprint density at radius 2 is 1.90 bits per heavy atom. The molecule has 3 heteroatoms. The number of hydrogen-bond donors (Lipinski definition) is 1. The van der Waals surface area contributed by atoms with E-state index in [9.17, 15) is 4.79 Å². The summed E-state index contributed by atoms with van der Waals surface area (Å²) in [4.78, 5) is 16.7. The molecule has 0 aliphatic rings. The highest BCUT2D eigenvalue weighted by atomic mass is 16.1. The Morgan fingerprint density at radius 1 is 1.20 bits per heavy atom. The first-order valence-electron chi connectivity index (χ1n) is 6.34. The van der Waals surface area contributed by atoms with Crippen molar-refractivity contribution in [1.29, 1.82) is 0 Å². The Kier molecular flexibility index (Phi) is 3.86. The largest absolute Gasteiger partial charge is 0.341 e. The van der Waals surface area contributed by atoms with Crippen molar-refractivity contribution in [3.8, 4) is 12.3 Å². The highest BCUT2D eigenvalue weighted by Crippen LogP contribution is 2.18. The molecule has 0 saturated heterocycles. The third kappa shape index (κ3) is 2.86. The van der Waals surface area contributed by atoms with E-state index in [2.05, 4.69) is 16.2 Å². The molecule has 1 aromatic heterocycles. The molecule has 0 saturated carbocycles. The number of carbonyl (C=O) groups is 1. The van der Waals surface area contributed by atoms with Crippen LogP contribution >= 0.6 is 0 Å². The molecule has 1 aromatic carbocycles. The molecule has 2 aromatic rings. The van der Waals surface area contributed by atoms with Gasteiger partial charge in [0.2, 0.25) is 0 Å². The van der Waals surface area contributed by atoms with Crippen LogP contribution in [0.1, 0.15) is 35.5 Å². The number of terminal acetylenes is 1. The minimum Gasteiger partial charge on any atom is -0.341 e. The van der Waals surface area contributed by atoms with E-state index >= 15 is 0 Å². The molecule has 0 unspecified atom stereocenters. The lowest BCUT2D eigenvalue weighted by molar-refractivity contribution is 0.0910. The molecule has 0 aliphatic heterocycles. The van der Waals surface area contributed by atoms with E-state index < -0.39 is 5.54 Å². The summed E-state index contributed by atoms with van der Waals surface area (Å²) in [5, 5.41) is 2.97. The van der Waals surface area contributed by atoms with Crippen molar-refractivity contribution in [2.75, 3.05) is 0 Å². The van der Waals surface area contributed by atoms with Gasteiger partial charge in [-0.1, -0.05) is 24.1 Å². The molecule has 1 N–H and O–H groups in total. The number of amides is 1. The Hall–Kier alpha value is -2.60. The molecular formula is C17H16N2O. The number of nitrogens with one attached hydrogen (secondary N) is 1. The van der Waals surface area contributed by atoms with Gasteiger partial charge in [0.25, 0.3) is 5.91 Å². The van der Waals surface area contributed by atoms with E-state index in [-0.39, 0.29) is 5.91 Å². The van der Waals surface area contributed by atoms with Crippen molar-refractivity contribution < 1.29 is 4.79 Å². The lowest BCUT2D eigenvalue weighted by atomic mass is 9.98. The maximum absolute atomic E-state index is 12.4. The molecule has 1 heterocycles. The van der Waals surface area contributed by atoms with Gasteiger partial charge in [0.15, 0.2) is 0 Å². The summed E-state index contributed by atoms with van der Waals surface area (Å²) in [6.45, 7) is 3.82. The minimum absolute atomic E-state index is 0.200. The van der Waals surface area contributed by atoms with Crippen LogP contribution in [-0.2, 0) is 5.54 Å². The Balaban J connectivity index is 2.26. The predicted octanol–water partition coefficient (Wildman–Crippen LogP) is 2.73. The SMILES string of the molecule is C#Cc1ccccc1C(=O)NC(C)(C)c1ccccn1. The number of carbonyl (C=O) groups excluding carboxylic acids is 1. The van der Waals surface area contributed by atoms with Gasteiger partial charge in [-0.25, -0.2) is 0 Å². The number of rotatable bonds is 3. The number of hydrogen-bond acceptors (Lipinski definition) is 2. The van der Waals surface area contributed by atoms with Crippen LogP contribution < -0.4 is 5.32 Å². The first-order chi connectivity index (χ1) is 9.54. The molecule has 1 amide bonds. The zero-order valence-electron chi connectivity index (χ0n) is 11.6. The summed E-state index contributed by atoms with van der Waals surface area (Å²) < 4.78 is 0. The quantitative estimate of drug-likeness (QED) is 0.866. The molecule has 3 nitrogen and oxygen atoms in total. The van der Waals surface area contributed by atoms with Gasteiger partial charge in [-0.05, 0) is 38.1 Å². The van der Waals surface area contributed by atoms with E-state index in [1.165, 1.54) is 0 Å². The highest BCUT2D eigenvalue weighted by molar-refractivity contribution is 5.97. The molecule has 0 radical (unpaired) electrons. The lowest BCUT2D eigenvalue weighted by Crippen LogP contribution is -2.41. The van der Waals surface area contributed by atoms with Crippen molar-refractivity contribution in [1.82, 2.24) is 10.3 Å². The molecule has 0 fully saturated rings. The van der Waals surface area contributed by atoms with Crippen LogP contribution in [0.5, 0.6) is 0 Å². The number of aromatic nitrogens is 1. The number of pyridine rings is 1. The van der Waals surface area contributed by atoms with Crippen molar-refractivity contribution >= 4 is 5.91 Å². The van der Waals surface area contributed by atoms with E-state index in [1.807, 2.05) is 38.1 Å². The van der Waals surface area contributed by atoms with Crippen LogP contribution in [-0.4, -0.2) is 10.9 Å². The fourth-order valence-electron chi connectivity index (χ4n) is 1.95. The number of nitrogens with zero attached hydrogens (tertiary/aromatic N) is 1. The maximum Gasteiger partial charge on any atom is 0.253 e. The molecule has 0 bridgehead atoms. The fourth-order valence-corrected chi connectivity index (χ4v) is 1.95. The molecule has 2 rings (SSSR count). The van der Waals surface area contributed by atoms with E-state index in [0.29, 0.717) is 11.1 Å². The van der Waals surface area contributed by atoms with Crippen molar-refractivity contribution in [3.63, 3.8) is 0 Å². The van der Waals surface area contributed by atoms with Crippen LogP contribution in [0.3, 0.4) is 0 Å². The van der Waals surface area contributed by atoms with Gasteiger partial charge in [0, 0.05) is 11.8 Å². The standard InChI is InChI=1S/C17H16N2O/c1-4-13-9-5-6-10-14(13)16(20)19-17(2,3)15-11-7-8-12-18-15/h1,5-12H,2-3H3,(H,19,20). The van der Waals surface area contributed by atoms with Gasteiger partial charge < -0.3 is 5.32 Å². The predicted molar refractivity (Wildman–Crippen MR) is 79.1 cm³/mol. The smallest absolute Gasteiger partial charge is 0.253 e. The summed E-state index contributed by atoms with van der Waals surface area (Å²) in [5.74, 6) is 2.33. The Labute approximate surface area is 119 Å². The van der Waals surface area contributed by atoms with E-state index in [4.69, 9.17) is 6.42 Å². The fraction of sp³-hybridized carbons (Fsp3) is 0.176. The second kappa shape index (κ2) is 5.58. The van der Waals surface area contributed by atoms with Gasteiger partial charge in [0.1, 0.15) is 0 Å². The first kappa shape index (κ1) is 13.8. The van der Waals surface area contributed by atoms with Crippen LogP contribution in [0.2, 0.25) is 0 Å². The molecule has 0 aliphatic carbocycles. The van der Waals surface area contributed by atoms with Gasteiger partial charge in [0.05, 0.1) is 16.8 Å². The first-order valence-corrected chi connectivity index (χ1v) is 6.34. The van der Waals surface area contributed by atoms with Gasteiger partial charge in [-0.15, -0.1) is 6.42 Å². The summed E-state index contributed by atoms with van der Waals surface area (Å²) in [7, 11) is 0. The Morgan fingerprint density at radius 3 is 2.55 bits per heavy atom. The monoisotopic (exact) mass is 264 g/mol. The molecule has 0 spiro atoms. The minimum atomic E-state index is -0.569. The molecule has 0 atom stereocenters. The van der Waals surface area contributed by atoms with Crippen molar-refractivity contribution in [2.24, 2.45) is 0 Å². The van der Waals surface area contributed by atoms with Gasteiger partial charge in [-0.3, -0.25) is 9.78 Å². The van der Waals surface area contributed by atoms with Gasteiger partial charge >= 0.3 is 0 Å². The van der Waals surface area contributed by atoms with Crippen LogP contribution in [0, 0.1) is 12.3 Å². The normalized spacial score (nSPS) is 10.7. The van der Waals surface area contributed by atoms with Crippen molar-refractivity contribution in [2.45, 2.75) is 19.4 Å². The second-order valence-corrected chi connectivity index (χ2v) is 4.98. The highest BCUT2D eigenvalue weighted by Gasteiger charge is 2.25. The zero-order chi connectivity index (χ0) is 14.6. The second-order valence-electron chi connectivity index (χ2n) is 4.98. The van der Waals surface area contributed by atoms with Crippen molar-refractivity contribution in [3.05, 3.63) is 65.5 Å². The summed E-state index contributed by atoms with van der Waals surface area (Å²) >= 11 is 0. The van der Waals surface area contributed by atoms with Gasteiger partial charge in [-0.2, -0.15) is 0 Å². The molecule has 100 valence electrons. The van der Waals surface area contributed by atoms with E-state index in [0.717, 1.165) is 5.69 Å². The van der Waals surface area contributed by atoms with Crippen LogP contribution in [0.15, 0.2) is 48.7 Å². The topological polar surface area (TPSA) is 42.0 Å². The average molecular weight is 264 g/mol. The molecular weight excluding hydrogens is 248 g/mol. The average Bonchev–Trinajstić information content (AvgIpc) is 2.47. The van der Waals surface area contributed by atoms with E-state index in [1.54, 1.807) is 24.4 Å². The Bertz CT molecular complexity index is 654. The summed E-state index contributed by atoms with van der Waals surface area (Å²) in [6, 6.07) is 12.7. The number of benzene rings is 1. The van der Waals surface area contributed by atoms with Crippen LogP contribution in [0.25, 0.3) is 0 Å². The van der Waals surface area contributed by atoms with Crippen LogP contribution in [0.4, 0.5) is 0 Å². The third-order valence-electron chi connectivity index (χ3n) is 3.06. The molecule has 20 heavy (non-hydrogen) atoms. The lowest BCUT2D eigenvalue weighted by Gasteiger charge is -2.26.